The van der Waals surface area contributed by atoms with Gasteiger partial charge in [0.2, 0.25) is 11.8 Å². The molecule has 6 rings (SSSR count). The lowest BCUT2D eigenvalue weighted by Crippen LogP contribution is -2.42. The SMILES string of the molecule is C[C@@H](N)C(=O)N1Cc2ccccc2C1.N[C@H](Cc1ccc(Br)s1)C(=O)N1Cc2ccc(NC(=O)c3ccccc3)cc2C1. The minimum absolute atomic E-state index is 0.0289. The van der Waals surface area contributed by atoms with Gasteiger partial charge in [-0.2, -0.15) is 0 Å². The standard InChI is InChI=1S/C22H20BrN3O2S.C11H14N2O/c23-20-9-8-18(29-20)11-19(24)22(28)26-12-15-6-7-17(10-16(15)13-26)25-21(27)14-4-2-1-3-5-14;1-8(12)11(14)13-6-9-4-2-3-5-10(9)7-13/h1-10,19H,11-13,24H2,(H,25,27);2-5,8H,6-7,12H2,1H3/t19-;8-/m11/s1. The number of amides is 3. The third-order valence-corrected chi connectivity index (χ3v) is 9.09. The Morgan fingerprint density at radius 3 is 1.98 bits per heavy atom. The van der Waals surface area contributed by atoms with Crippen LogP contribution in [0.25, 0.3) is 0 Å². The van der Waals surface area contributed by atoms with Crippen molar-refractivity contribution < 1.29 is 14.4 Å². The molecule has 3 aromatic carbocycles. The molecule has 0 fully saturated rings. The van der Waals surface area contributed by atoms with Crippen LogP contribution in [-0.4, -0.2) is 39.6 Å². The summed E-state index contributed by atoms with van der Waals surface area (Å²) in [5.41, 5.74) is 17.7. The molecule has 0 saturated carbocycles. The van der Waals surface area contributed by atoms with Gasteiger partial charge in [-0.05, 0) is 81.5 Å². The summed E-state index contributed by atoms with van der Waals surface area (Å²) in [6.07, 6.45) is 0.528. The smallest absolute Gasteiger partial charge is 0.255 e. The van der Waals surface area contributed by atoms with Crippen LogP contribution in [0.2, 0.25) is 0 Å². The number of thiophene rings is 1. The number of anilines is 1. The molecule has 8 nitrogen and oxygen atoms in total. The van der Waals surface area contributed by atoms with Crippen LogP contribution in [0.3, 0.4) is 0 Å². The molecule has 3 amide bonds. The van der Waals surface area contributed by atoms with Crippen molar-refractivity contribution in [1.29, 1.82) is 0 Å². The highest BCUT2D eigenvalue weighted by molar-refractivity contribution is 9.11. The maximum atomic E-state index is 12.8. The molecule has 5 N–H and O–H groups in total. The van der Waals surface area contributed by atoms with Crippen LogP contribution in [0.4, 0.5) is 5.69 Å². The molecular weight excluding hydrogens is 626 g/mol. The van der Waals surface area contributed by atoms with Gasteiger partial charge in [0.15, 0.2) is 0 Å². The Labute approximate surface area is 263 Å². The molecule has 0 saturated heterocycles. The maximum absolute atomic E-state index is 12.8. The van der Waals surface area contributed by atoms with E-state index in [1.165, 1.54) is 11.1 Å². The number of nitrogens with zero attached hydrogens (tertiary/aromatic N) is 2. The number of nitrogens with one attached hydrogen (secondary N) is 1. The van der Waals surface area contributed by atoms with E-state index in [1.807, 2.05) is 60.7 Å². The zero-order chi connectivity index (χ0) is 30.5. The number of hydrogen-bond donors (Lipinski definition) is 3. The number of hydrogen-bond acceptors (Lipinski definition) is 6. The lowest BCUT2D eigenvalue weighted by Gasteiger charge is -2.19. The molecule has 0 aliphatic carbocycles. The Balaban J connectivity index is 0.000000220. The van der Waals surface area contributed by atoms with E-state index in [0.29, 0.717) is 38.2 Å². The first-order valence-corrected chi connectivity index (χ1v) is 15.7. The van der Waals surface area contributed by atoms with Gasteiger partial charge in [0.25, 0.3) is 5.91 Å². The fraction of sp³-hybridized carbons (Fsp3) is 0.242. The van der Waals surface area contributed by atoms with Gasteiger partial charge in [0.1, 0.15) is 0 Å². The lowest BCUT2D eigenvalue weighted by molar-refractivity contribution is -0.133. The monoisotopic (exact) mass is 659 g/mol. The van der Waals surface area contributed by atoms with E-state index < -0.39 is 12.1 Å². The van der Waals surface area contributed by atoms with Gasteiger partial charge < -0.3 is 26.6 Å². The number of benzene rings is 3. The average Bonchev–Trinajstić information content (AvgIpc) is 3.74. The molecule has 2 aliphatic heterocycles. The van der Waals surface area contributed by atoms with Gasteiger partial charge in [-0.15, -0.1) is 11.3 Å². The molecule has 2 aliphatic rings. The van der Waals surface area contributed by atoms with Crippen molar-refractivity contribution >= 4 is 50.7 Å². The Bertz CT molecular complexity index is 1600. The zero-order valence-electron chi connectivity index (χ0n) is 23.8. The van der Waals surface area contributed by atoms with Crippen LogP contribution in [-0.2, 0) is 42.2 Å². The summed E-state index contributed by atoms with van der Waals surface area (Å²) >= 11 is 5.03. The number of fused-ring (bicyclic) bond motifs is 2. The van der Waals surface area contributed by atoms with Gasteiger partial charge in [0, 0.05) is 48.7 Å². The normalized spacial score (nSPS) is 14.7. The van der Waals surface area contributed by atoms with Gasteiger partial charge in [-0.1, -0.05) is 48.5 Å². The minimum Gasteiger partial charge on any atom is -0.333 e. The molecule has 2 atom stereocenters. The fourth-order valence-corrected chi connectivity index (χ4v) is 6.74. The number of rotatable bonds is 6. The predicted molar refractivity (Wildman–Crippen MR) is 173 cm³/mol. The van der Waals surface area contributed by atoms with Crippen molar-refractivity contribution in [3.63, 3.8) is 0 Å². The highest BCUT2D eigenvalue weighted by Gasteiger charge is 2.28. The van der Waals surface area contributed by atoms with E-state index in [2.05, 4.69) is 33.4 Å². The average molecular weight is 661 g/mol. The van der Waals surface area contributed by atoms with Crippen LogP contribution < -0.4 is 16.8 Å². The van der Waals surface area contributed by atoms with Crippen LogP contribution >= 0.6 is 27.3 Å². The Hall–Kier alpha value is -3.83. The zero-order valence-corrected chi connectivity index (χ0v) is 26.2. The molecule has 43 heavy (non-hydrogen) atoms. The Morgan fingerprint density at radius 2 is 1.37 bits per heavy atom. The van der Waals surface area contributed by atoms with Crippen LogP contribution in [0.15, 0.2) is 88.7 Å². The predicted octanol–water partition coefficient (Wildman–Crippen LogP) is 5.05. The van der Waals surface area contributed by atoms with Crippen LogP contribution in [0, 0.1) is 0 Å². The second-order valence-corrected chi connectivity index (χ2v) is 13.3. The van der Waals surface area contributed by atoms with Gasteiger partial charge in [0.05, 0.1) is 15.9 Å². The summed E-state index contributed by atoms with van der Waals surface area (Å²) in [5, 5.41) is 2.92. The number of carbonyl (C=O) groups excluding carboxylic acids is 3. The second kappa shape index (κ2) is 13.6. The molecule has 0 bridgehead atoms. The summed E-state index contributed by atoms with van der Waals surface area (Å²) < 4.78 is 1.03. The third-order valence-electron chi connectivity index (χ3n) is 7.44. The van der Waals surface area contributed by atoms with Gasteiger partial charge >= 0.3 is 0 Å². The molecule has 0 radical (unpaired) electrons. The van der Waals surface area contributed by atoms with E-state index in [-0.39, 0.29) is 17.7 Å². The lowest BCUT2D eigenvalue weighted by atomic mass is 10.1. The molecule has 4 aromatic rings. The Morgan fingerprint density at radius 1 is 0.791 bits per heavy atom. The van der Waals surface area contributed by atoms with Crippen molar-refractivity contribution in [1.82, 2.24) is 9.80 Å². The van der Waals surface area contributed by atoms with E-state index in [4.69, 9.17) is 11.5 Å². The molecule has 3 heterocycles. The number of nitrogens with two attached hydrogens (primary N) is 2. The van der Waals surface area contributed by atoms with Crippen molar-refractivity contribution in [2.75, 3.05) is 5.32 Å². The third kappa shape index (κ3) is 7.58. The first-order valence-electron chi connectivity index (χ1n) is 14.1. The summed E-state index contributed by atoms with van der Waals surface area (Å²) in [4.78, 5) is 41.4. The molecular formula is C33H34BrN5O3S. The van der Waals surface area contributed by atoms with Gasteiger partial charge in [-0.3, -0.25) is 14.4 Å². The van der Waals surface area contributed by atoms with E-state index >= 15 is 0 Å². The highest BCUT2D eigenvalue weighted by atomic mass is 79.9. The second-order valence-electron chi connectivity index (χ2n) is 10.8. The number of carbonyl (C=O) groups is 3. The van der Waals surface area contributed by atoms with E-state index in [1.54, 1.807) is 40.2 Å². The van der Waals surface area contributed by atoms with Crippen molar-refractivity contribution in [2.24, 2.45) is 11.5 Å². The first kappa shape index (κ1) is 30.6. The van der Waals surface area contributed by atoms with Crippen LogP contribution in [0.1, 0.15) is 44.4 Å². The summed E-state index contributed by atoms with van der Waals surface area (Å²) in [7, 11) is 0. The highest BCUT2D eigenvalue weighted by Crippen LogP contribution is 2.28. The largest absolute Gasteiger partial charge is 0.333 e. The summed E-state index contributed by atoms with van der Waals surface area (Å²) in [6, 6.07) is 26.0. The minimum atomic E-state index is -0.563. The van der Waals surface area contributed by atoms with Crippen molar-refractivity contribution in [3.05, 3.63) is 121 Å². The fourth-order valence-electron chi connectivity index (χ4n) is 5.20. The van der Waals surface area contributed by atoms with Crippen molar-refractivity contribution in [3.8, 4) is 0 Å². The van der Waals surface area contributed by atoms with E-state index in [0.717, 1.165) is 25.5 Å². The molecule has 0 unspecified atom stereocenters. The molecule has 10 heteroatoms. The molecule has 0 spiro atoms. The first-order chi connectivity index (χ1) is 20.7. The van der Waals surface area contributed by atoms with Crippen LogP contribution in [0.5, 0.6) is 0 Å². The van der Waals surface area contributed by atoms with Gasteiger partial charge in [-0.25, -0.2) is 0 Å². The molecule has 222 valence electrons. The van der Waals surface area contributed by atoms with E-state index in [9.17, 15) is 14.4 Å². The molecule has 1 aromatic heterocycles. The maximum Gasteiger partial charge on any atom is 0.255 e. The number of halogens is 1. The quantitative estimate of drug-likeness (QED) is 0.267. The topological polar surface area (TPSA) is 122 Å². The summed E-state index contributed by atoms with van der Waals surface area (Å²) in [6.45, 7) is 4.19. The summed E-state index contributed by atoms with van der Waals surface area (Å²) in [5.74, 6) is -0.178. The Kier molecular flexibility index (Phi) is 9.72. The van der Waals surface area contributed by atoms with Crippen molar-refractivity contribution in [2.45, 2.75) is 51.6 Å².